The van der Waals surface area contributed by atoms with Crippen molar-refractivity contribution in [3.05, 3.63) is 33.9 Å². The SMILES string of the molecule is N#Cc1cc([N+](=O)[O-])ccc1N1CC(O)C1. The van der Waals surface area contributed by atoms with Crippen molar-refractivity contribution in [1.82, 2.24) is 0 Å². The van der Waals surface area contributed by atoms with Gasteiger partial charge in [-0.25, -0.2) is 0 Å². The number of nitrogens with zero attached hydrogens (tertiary/aromatic N) is 3. The zero-order chi connectivity index (χ0) is 11.7. The predicted octanol–water partition coefficient (Wildman–Crippen LogP) is 0.647. The fraction of sp³-hybridized carbons (Fsp3) is 0.300. The van der Waals surface area contributed by atoms with Crippen molar-refractivity contribution >= 4 is 11.4 Å². The average Bonchev–Trinajstić information content (AvgIpc) is 2.24. The fourth-order valence-electron chi connectivity index (χ4n) is 1.65. The van der Waals surface area contributed by atoms with Crippen molar-refractivity contribution < 1.29 is 10.0 Å². The van der Waals surface area contributed by atoms with E-state index < -0.39 is 4.92 Å². The summed E-state index contributed by atoms with van der Waals surface area (Å²) in [6.07, 6.45) is -0.373. The highest BCUT2D eigenvalue weighted by Gasteiger charge is 2.27. The number of hydrogen-bond donors (Lipinski definition) is 1. The lowest BCUT2D eigenvalue weighted by Gasteiger charge is -2.38. The second-order valence-electron chi connectivity index (χ2n) is 3.63. The largest absolute Gasteiger partial charge is 0.389 e. The molecule has 1 aliphatic heterocycles. The van der Waals surface area contributed by atoms with Gasteiger partial charge in [-0.3, -0.25) is 10.1 Å². The Labute approximate surface area is 91.5 Å². The van der Waals surface area contributed by atoms with Crippen molar-refractivity contribution in [2.45, 2.75) is 6.10 Å². The molecule has 0 aromatic heterocycles. The summed E-state index contributed by atoms with van der Waals surface area (Å²) in [7, 11) is 0. The summed E-state index contributed by atoms with van der Waals surface area (Å²) < 4.78 is 0. The van der Waals surface area contributed by atoms with Crippen molar-refractivity contribution in [2.75, 3.05) is 18.0 Å². The van der Waals surface area contributed by atoms with Crippen molar-refractivity contribution in [3.8, 4) is 6.07 Å². The number of anilines is 1. The molecule has 1 fully saturated rings. The van der Waals surface area contributed by atoms with Crippen LogP contribution >= 0.6 is 0 Å². The summed E-state index contributed by atoms with van der Waals surface area (Å²) >= 11 is 0. The molecule has 2 rings (SSSR count). The molecule has 0 spiro atoms. The van der Waals surface area contributed by atoms with Crippen molar-refractivity contribution in [2.24, 2.45) is 0 Å². The number of benzene rings is 1. The lowest BCUT2D eigenvalue weighted by molar-refractivity contribution is -0.384. The summed E-state index contributed by atoms with van der Waals surface area (Å²) in [6, 6.07) is 6.08. The first kappa shape index (κ1) is 10.4. The molecule has 1 aliphatic rings. The Morgan fingerprint density at radius 2 is 2.25 bits per heavy atom. The quantitative estimate of drug-likeness (QED) is 0.582. The van der Waals surface area contributed by atoms with Crippen LogP contribution < -0.4 is 4.90 Å². The van der Waals surface area contributed by atoms with Crippen LogP contribution in [0.15, 0.2) is 18.2 Å². The highest BCUT2D eigenvalue weighted by Crippen LogP contribution is 2.28. The predicted molar refractivity (Wildman–Crippen MR) is 56.0 cm³/mol. The van der Waals surface area contributed by atoms with Gasteiger partial charge in [0, 0.05) is 25.2 Å². The third-order valence-corrected chi connectivity index (χ3v) is 2.51. The molecular formula is C10H9N3O3. The van der Waals surface area contributed by atoms with Crippen LogP contribution in [0.4, 0.5) is 11.4 Å². The summed E-state index contributed by atoms with van der Waals surface area (Å²) in [4.78, 5) is 11.8. The van der Waals surface area contributed by atoms with Gasteiger partial charge >= 0.3 is 0 Å². The number of aliphatic hydroxyl groups is 1. The molecule has 82 valence electrons. The van der Waals surface area contributed by atoms with Gasteiger partial charge in [0.1, 0.15) is 6.07 Å². The number of nitriles is 1. The first-order chi connectivity index (χ1) is 7.61. The van der Waals surface area contributed by atoms with Crippen LogP contribution in [-0.4, -0.2) is 29.2 Å². The lowest BCUT2D eigenvalue weighted by atomic mass is 10.1. The van der Waals surface area contributed by atoms with E-state index in [1.54, 1.807) is 6.07 Å². The van der Waals surface area contributed by atoms with Crippen LogP contribution in [0.3, 0.4) is 0 Å². The number of hydrogen-bond acceptors (Lipinski definition) is 5. The van der Waals surface area contributed by atoms with Gasteiger partial charge in [-0.15, -0.1) is 0 Å². The number of β-amino-alcohol motifs (C(OH)–C–C–N with tert-alkyl or cyclic N) is 1. The molecule has 1 aromatic rings. The Morgan fingerprint density at radius 1 is 1.56 bits per heavy atom. The van der Waals surface area contributed by atoms with Crippen LogP contribution in [0, 0.1) is 21.4 Å². The van der Waals surface area contributed by atoms with Crippen LogP contribution in [0.5, 0.6) is 0 Å². The van der Waals surface area contributed by atoms with E-state index in [2.05, 4.69) is 0 Å². The molecule has 1 saturated heterocycles. The number of nitro benzene ring substituents is 1. The maximum atomic E-state index is 10.5. The van der Waals surface area contributed by atoms with Gasteiger partial charge in [-0.2, -0.15) is 5.26 Å². The minimum atomic E-state index is -0.532. The maximum absolute atomic E-state index is 10.5. The second kappa shape index (κ2) is 3.79. The van der Waals surface area contributed by atoms with Gasteiger partial charge in [-0.05, 0) is 6.07 Å². The summed E-state index contributed by atoms with van der Waals surface area (Å²) in [6.45, 7) is 0.930. The highest BCUT2D eigenvalue weighted by atomic mass is 16.6. The molecule has 0 unspecified atom stereocenters. The zero-order valence-electron chi connectivity index (χ0n) is 8.33. The molecule has 1 N–H and O–H groups in total. The normalized spacial score (nSPS) is 15.4. The molecule has 0 amide bonds. The first-order valence-electron chi connectivity index (χ1n) is 4.73. The number of aliphatic hydroxyl groups excluding tert-OH is 1. The van der Waals surface area contributed by atoms with E-state index in [1.807, 2.05) is 11.0 Å². The van der Waals surface area contributed by atoms with E-state index in [1.165, 1.54) is 12.1 Å². The van der Waals surface area contributed by atoms with Crippen LogP contribution in [0.1, 0.15) is 5.56 Å². The molecule has 6 nitrogen and oxygen atoms in total. The minimum absolute atomic E-state index is 0.0960. The molecule has 0 saturated carbocycles. The third kappa shape index (κ3) is 1.68. The summed E-state index contributed by atoms with van der Waals surface area (Å²) in [5.41, 5.74) is 0.806. The van der Waals surface area contributed by atoms with E-state index in [0.717, 1.165) is 0 Å². The molecule has 0 bridgehead atoms. The average molecular weight is 219 g/mol. The molecule has 0 aliphatic carbocycles. The molecule has 0 radical (unpaired) electrons. The molecule has 16 heavy (non-hydrogen) atoms. The first-order valence-corrected chi connectivity index (χ1v) is 4.73. The minimum Gasteiger partial charge on any atom is -0.389 e. The number of non-ortho nitro benzene ring substituents is 1. The van der Waals surface area contributed by atoms with Gasteiger partial charge in [0.05, 0.1) is 22.3 Å². The van der Waals surface area contributed by atoms with Crippen molar-refractivity contribution in [3.63, 3.8) is 0 Å². The van der Waals surface area contributed by atoms with E-state index in [0.29, 0.717) is 18.8 Å². The number of nitro groups is 1. The smallest absolute Gasteiger partial charge is 0.270 e. The van der Waals surface area contributed by atoms with Crippen LogP contribution in [0.2, 0.25) is 0 Å². The van der Waals surface area contributed by atoms with Gasteiger partial charge in [0.15, 0.2) is 0 Å². The monoisotopic (exact) mass is 219 g/mol. The Kier molecular flexibility index (Phi) is 2.46. The van der Waals surface area contributed by atoms with Gasteiger partial charge in [0.25, 0.3) is 5.69 Å². The molecule has 1 aromatic carbocycles. The van der Waals surface area contributed by atoms with Gasteiger partial charge < -0.3 is 10.0 Å². The van der Waals surface area contributed by atoms with Crippen LogP contribution in [-0.2, 0) is 0 Å². The molecule has 1 heterocycles. The summed E-state index contributed by atoms with van der Waals surface area (Å²) in [5.74, 6) is 0. The van der Waals surface area contributed by atoms with Crippen molar-refractivity contribution in [1.29, 1.82) is 5.26 Å². The van der Waals surface area contributed by atoms with E-state index in [9.17, 15) is 10.1 Å². The maximum Gasteiger partial charge on any atom is 0.270 e. The summed E-state index contributed by atoms with van der Waals surface area (Å²) in [5, 5.41) is 28.6. The lowest BCUT2D eigenvalue weighted by Crippen LogP contribution is -2.51. The van der Waals surface area contributed by atoms with Gasteiger partial charge in [-0.1, -0.05) is 0 Å². The standard InChI is InChI=1S/C10H9N3O3/c11-4-7-3-8(13(15)16)1-2-10(7)12-5-9(14)6-12/h1-3,9,14H,5-6H2. The van der Waals surface area contributed by atoms with E-state index in [-0.39, 0.29) is 17.4 Å². The Hall–Kier alpha value is -2.13. The Balaban J connectivity index is 2.33. The molecule has 6 heteroatoms. The Morgan fingerprint density at radius 3 is 2.75 bits per heavy atom. The van der Waals surface area contributed by atoms with E-state index in [4.69, 9.17) is 10.4 Å². The molecule has 0 atom stereocenters. The van der Waals surface area contributed by atoms with Gasteiger partial charge in [0.2, 0.25) is 0 Å². The molecular weight excluding hydrogens is 210 g/mol. The topological polar surface area (TPSA) is 90.4 Å². The second-order valence-corrected chi connectivity index (χ2v) is 3.63. The Bertz CT molecular complexity index is 475. The number of rotatable bonds is 2. The fourth-order valence-corrected chi connectivity index (χ4v) is 1.65. The van der Waals surface area contributed by atoms with E-state index >= 15 is 0 Å². The van der Waals surface area contributed by atoms with Crippen LogP contribution in [0.25, 0.3) is 0 Å². The third-order valence-electron chi connectivity index (χ3n) is 2.51. The highest BCUT2D eigenvalue weighted by molar-refractivity contribution is 5.64. The zero-order valence-corrected chi connectivity index (χ0v) is 8.33.